The lowest BCUT2D eigenvalue weighted by Crippen LogP contribution is -2.27. The predicted octanol–water partition coefficient (Wildman–Crippen LogP) is 4.07. The minimum absolute atomic E-state index is 0.579. The Morgan fingerprint density at radius 1 is 1.25 bits per heavy atom. The summed E-state index contributed by atoms with van der Waals surface area (Å²) in [6.07, 6.45) is 5.69. The fourth-order valence-corrected chi connectivity index (χ4v) is 4.42. The van der Waals surface area contributed by atoms with Gasteiger partial charge in [0.1, 0.15) is 0 Å². The summed E-state index contributed by atoms with van der Waals surface area (Å²) in [4.78, 5) is 1.48. The van der Waals surface area contributed by atoms with Crippen LogP contribution in [0.1, 0.15) is 31.2 Å². The molecule has 86 valence electrons. The van der Waals surface area contributed by atoms with Crippen LogP contribution in [-0.4, -0.2) is 12.3 Å². The van der Waals surface area contributed by atoms with Gasteiger partial charge < -0.3 is 5.32 Å². The second-order valence-electron chi connectivity index (χ2n) is 5.30. The molecular weight excluding hydrogens is 214 g/mol. The van der Waals surface area contributed by atoms with E-state index in [2.05, 4.69) is 42.2 Å². The maximum absolute atomic E-state index is 3.68. The summed E-state index contributed by atoms with van der Waals surface area (Å²) in [6.45, 7) is 3.40. The number of anilines is 1. The van der Waals surface area contributed by atoms with Crippen LogP contribution in [0.4, 0.5) is 5.69 Å². The Morgan fingerprint density at radius 2 is 2.06 bits per heavy atom. The van der Waals surface area contributed by atoms with Gasteiger partial charge in [0.25, 0.3) is 0 Å². The van der Waals surface area contributed by atoms with Crippen molar-refractivity contribution in [3.05, 3.63) is 23.8 Å². The third-order valence-corrected chi connectivity index (χ3v) is 5.64. The Labute approximate surface area is 102 Å². The summed E-state index contributed by atoms with van der Waals surface area (Å²) < 4.78 is 0. The number of hydrogen-bond donors (Lipinski definition) is 1. The van der Waals surface area contributed by atoms with Crippen molar-refractivity contribution in [2.45, 2.75) is 37.5 Å². The molecule has 2 aliphatic rings. The molecule has 0 bridgehead atoms. The highest BCUT2D eigenvalue weighted by molar-refractivity contribution is 7.99. The molecule has 16 heavy (non-hydrogen) atoms. The molecule has 1 aliphatic carbocycles. The maximum Gasteiger partial charge on any atom is 0.0481 e. The lowest BCUT2D eigenvalue weighted by atomic mass is 9.88. The second kappa shape index (κ2) is 3.99. The van der Waals surface area contributed by atoms with E-state index >= 15 is 0 Å². The van der Waals surface area contributed by atoms with E-state index < -0.39 is 0 Å². The van der Waals surface area contributed by atoms with E-state index in [4.69, 9.17) is 0 Å². The fraction of sp³-hybridized carbons (Fsp3) is 0.571. The number of rotatable bonds is 0. The highest BCUT2D eigenvalue weighted by Gasteiger charge is 2.35. The first-order valence-electron chi connectivity index (χ1n) is 6.25. The molecule has 0 atom stereocenters. The topological polar surface area (TPSA) is 12.0 Å². The lowest BCUT2D eigenvalue weighted by molar-refractivity contribution is 0.373. The highest BCUT2D eigenvalue weighted by Crippen LogP contribution is 2.46. The standard InChI is InChI=1S/C14H19NS/c1-11-5-4-6-12-13(11)16-10-14(9-15-12)7-2-3-8-14/h4-6,15H,2-3,7-10H2,1H3. The van der Waals surface area contributed by atoms with Crippen molar-refractivity contribution in [3.8, 4) is 0 Å². The average molecular weight is 233 g/mol. The van der Waals surface area contributed by atoms with Gasteiger partial charge in [0.05, 0.1) is 0 Å². The summed E-state index contributed by atoms with van der Waals surface area (Å²) in [5, 5.41) is 3.68. The van der Waals surface area contributed by atoms with Gasteiger partial charge in [-0.2, -0.15) is 0 Å². The van der Waals surface area contributed by atoms with Crippen LogP contribution in [-0.2, 0) is 0 Å². The molecule has 1 spiro atoms. The molecule has 0 unspecified atom stereocenters. The van der Waals surface area contributed by atoms with E-state index in [1.54, 1.807) is 0 Å². The monoisotopic (exact) mass is 233 g/mol. The zero-order valence-electron chi connectivity index (χ0n) is 9.88. The first kappa shape index (κ1) is 10.5. The Morgan fingerprint density at radius 3 is 2.88 bits per heavy atom. The van der Waals surface area contributed by atoms with E-state index in [-0.39, 0.29) is 0 Å². The molecule has 1 aliphatic heterocycles. The molecule has 1 aromatic rings. The van der Waals surface area contributed by atoms with Gasteiger partial charge in [0.2, 0.25) is 0 Å². The van der Waals surface area contributed by atoms with Crippen molar-refractivity contribution < 1.29 is 0 Å². The third-order valence-electron chi connectivity index (χ3n) is 4.05. The van der Waals surface area contributed by atoms with E-state index in [1.165, 1.54) is 54.1 Å². The molecule has 0 aromatic heterocycles. The first-order chi connectivity index (χ1) is 7.79. The number of fused-ring (bicyclic) bond motifs is 1. The van der Waals surface area contributed by atoms with Crippen molar-refractivity contribution in [3.63, 3.8) is 0 Å². The molecule has 1 nitrogen and oxygen atoms in total. The molecule has 0 radical (unpaired) electrons. The van der Waals surface area contributed by atoms with Gasteiger partial charge in [-0.15, -0.1) is 11.8 Å². The Bertz CT molecular complexity index is 394. The third kappa shape index (κ3) is 1.73. The van der Waals surface area contributed by atoms with Crippen LogP contribution in [0, 0.1) is 12.3 Å². The molecule has 0 amide bonds. The van der Waals surface area contributed by atoms with Gasteiger partial charge in [0, 0.05) is 22.9 Å². The van der Waals surface area contributed by atoms with Crippen molar-refractivity contribution in [1.82, 2.24) is 0 Å². The van der Waals surface area contributed by atoms with E-state index in [1.807, 2.05) is 0 Å². The number of aryl methyl sites for hydroxylation is 1. The minimum Gasteiger partial charge on any atom is -0.384 e. The summed E-state index contributed by atoms with van der Waals surface area (Å²) in [6, 6.07) is 6.61. The number of benzene rings is 1. The van der Waals surface area contributed by atoms with Crippen LogP contribution >= 0.6 is 11.8 Å². The van der Waals surface area contributed by atoms with Gasteiger partial charge in [-0.1, -0.05) is 25.0 Å². The van der Waals surface area contributed by atoms with Gasteiger partial charge in [0.15, 0.2) is 0 Å². The second-order valence-corrected chi connectivity index (χ2v) is 6.29. The summed E-state index contributed by atoms with van der Waals surface area (Å²) in [5.41, 5.74) is 3.36. The molecule has 3 rings (SSSR count). The Kier molecular flexibility index (Phi) is 2.62. The molecule has 2 heteroatoms. The largest absolute Gasteiger partial charge is 0.384 e. The van der Waals surface area contributed by atoms with Crippen LogP contribution < -0.4 is 5.32 Å². The van der Waals surface area contributed by atoms with Crippen LogP contribution in [0.25, 0.3) is 0 Å². The van der Waals surface area contributed by atoms with Gasteiger partial charge in [-0.3, -0.25) is 0 Å². The molecule has 1 fully saturated rings. The lowest BCUT2D eigenvalue weighted by Gasteiger charge is -2.26. The Hall–Kier alpha value is -0.630. The van der Waals surface area contributed by atoms with Gasteiger partial charge in [-0.25, -0.2) is 0 Å². The smallest absolute Gasteiger partial charge is 0.0481 e. The molecule has 0 saturated heterocycles. The first-order valence-corrected chi connectivity index (χ1v) is 7.24. The maximum atomic E-state index is 3.68. The fourth-order valence-electron chi connectivity index (χ4n) is 2.99. The number of thioether (sulfide) groups is 1. The molecule has 1 heterocycles. The van der Waals surface area contributed by atoms with Crippen molar-refractivity contribution in [1.29, 1.82) is 0 Å². The van der Waals surface area contributed by atoms with Crippen molar-refractivity contribution in [2.75, 3.05) is 17.6 Å². The van der Waals surface area contributed by atoms with Gasteiger partial charge in [-0.05, 0) is 36.8 Å². The average Bonchev–Trinajstić information content (AvgIpc) is 2.65. The van der Waals surface area contributed by atoms with E-state index in [9.17, 15) is 0 Å². The summed E-state index contributed by atoms with van der Waals surface area (Å²) in [7, 11) is 0. The minimum atomic E-state index is 0.579. The van der Waals surface area contributed by atoms with Gasteiger partial charge >= 0.3 is 0 Å². The highest BCUT2D eigenvalue weighted by atomic mass is 32.2. The molecule has 1 saturated carbocycles. The SMILES string of the molecule is Cc1cccc2c1SCC1(CCCC1)CN2. The quantitative estimate of drug-likeness (QED) is 0.725. The summed E-state index contributed by atoms with van der Waals surface area (Å²) in [5.74, 6) is 1.30. The van der Waals surface area contributed by atoms with Crippen molar-refractivity contribution >= 4 is 17.4 Å². The van der Waals surface area contributed by atoms with E-state index in [0.29, 0.717) is 5.41 Å². The molecule has 1 aromatic carbocycles. The molecular formula is C14H19NS. The zero-order chi connectivity index (χ0) is 11.0. The normalized spacial score (nSPS) is 22.6. The van der Waals surface area contributed by atoms with E-state index in [0.717, 1.165) is 0 Å². The number of hydrogen-bond acceptors (Lipinski definition) is 2. The molecule has 1 N–H and O–H groups in total. The van der Waals surface area contributed by atoms with Crippen LogP contribution in [0.15, 0.2) is 23.1 Å². The zero-order valence-corrected chi connectivity index (χ0v) is 10.7. The van der Waals surface area contributed by atoms with Crippen molar-refractivity contribution in [2.24, 2.45) is 5.41 Å². The number of nitrogens with one attached hydrogen (secondary N) is 1. The predicted molar refractivity (Wildman–Crippen MR) is 71.3 cm³/mol. The van der Waals surface area contributed by atoms with Crippen LogP contribution in [0.2, 0.25) is 0 Å². The van der Waals surface area contributed by atoms with Crippen LogP contribution in [0.3, 0.4) is 0 Å². The van der Waals surface area contributed by atoms with Crippen LogP contribution in [0.5, 0.6) is 0 Å². The Balaban J connectivity index is 1.89. The summed E-state index contributed by atoms with van der Waals surface area (Å²) >= 11 is 2.07.